The number of anilines is 1. The van der Waals surface area contributed by atoms with E-state index in [2.05, 4.69) is 15.9 Å². The first-order valence-electron chi connectivity index (χ1n) is 5.40. The SMILES string of the molecule is NC(=O)c1cc(N)cc(Cl)c1Oc1ccc(Br)cc1Cl. The van der Waals surface area contributed by atoms with Crippen LogP contribution in [0.15, 0.2) is 34.8 Å². The smallest absolute Gasteiger partial charge is 0.252 e. The first kappa shape index (κ1) is 15.0. The van der Waals surface area contributed by atoms with Gasteiger partial charge in [0.05, 0.1) is 15.6 Å². The van der Waals surface area contributed by atoms with Crippen LogP contribution in [0.3, 0.4) is 0 Å². The zero-order valence-corrected chi connectivity index (χ0v) is 13.1. The molecular weight excluding hydrogens is 367 g/mol. The Hall–Kier alpha value is -1.43. The van der Waals surface area contributed by atoms with Gasteiger partial charge in [-0.25, -0.2) is 0 Å². The van der Waals surface area contributed by atoms with Crippen LogP contribution >= 0.6 is 39.1 Å². The van der Waals surface area contributed by atoms with Gasteiger partial charge in [0, 0.05) is 10.2 Å². The lowest BCUT2D eigenvalue weighted by Gasteiger charge is -2.13. The van der Waals surface area contributed by atoms with Gasteiger partial charge in [0.25, 0.3) is 5.91 Å². The Morgan fingerprint density at radius 2 is 1.85 bits per heavy atom. The molecule has 1 amide bonds. The van der Waals surface area contributed by atoms with E-state index in [1.165, 1.54) is 12.1 Å². The van der Waals surface area contributed by atoms with Gasteiger partial charge in [-0.1, -0.05) is 39.1 Å². The molecule has 104 valence electrons. The molecule has 0 aliphatic rings. The lowest BCUT2D eigenvalue weighted by atomic mass is 10.1. The summed E-state index contributed by atoms with van der Waals surface area (Å²) in [5.41, 5.74) is 11.3. The third-order valence-electron chi connectivity index (χ3n) is 2.44. The molecule has 0 saturated carbocycles. The molecule has 0 bridgehead atoms. The van der Waals surface area contributed by atoms with E-state index in [1.807, 2.05) is 0 Å². The predicted molar refractivity (Wildman–Crippen MR) is 83.6 cm³/mol. The van der Waals surface area contributed by atoms with Gasteiger partial charge < -0.3 is 16.2 Å². The number of carbonyl (C=O) groups is 1. The number of nitrogens with two attached hydrogens (primary N) is 2. The van der Waals surface area contributed by atoms with Crippen molar-refractivity contribution in [3.8, 4) is 11.5 Å². The van der Waals surface area contributed by atoms with Crippen LogP contribution < -0.4 is 16.2 Å². The topological polar surface area (TPSA) is 78.3 Å². The van der Waals surface area contributed by atoms with Crippen molar-refractivity contribution in [2.24, 2.45) is 5.73 Å². The number of benzene rings is 2. The van der Waals surface area contributed by atoms with Crippen LogP contribution in [-0.2, 0) is 0 Å². The van der Waals surface area contributed by atoms with Crippen LogP contribution in [-0.4, -0.2) is 5.91 Å². The van der Waals surface area contributed by atoms with E-state index in [0.29, 0.717) is 16.5 Å². The fraction of sp³-hybridized carbons (Fsp3) is 0. The summed E-state index contributed by atoms with van der Waals surface area (Å²) < 4.78 is 6.40. The van der Waals surface area contributed by atoms with Crippen LogP contribution in [0.25, 0.3) is 0 Å². The minimum absolute atomic E-state index is 0.0917. The molecule has 0 aliphatic heterocycles. The van der Waals surface area contributed by atoms with Gasteiger partial charge in [0.15, 0.2) is 5.75 Å². The highest BCUT2D eigenvalue weighted by Gasteiger charge is 2.17. The number of carbonyl (C=O) groups excluding carboxylic acids is 1. The lowest BCUT2D eigenvalue weighted by Crippen LogP contribution is -2.13. The molecule has 4 nitrogen and oxygen atoms in total. The fourth-order valence-corrected chi connectivity index (χ4v) is 2.55. The predicted octanol–water partition coefficient (Wildman–Crippen LogP) is 4.23. The molecule has 0 aromatic heterocycles. The first-order valence-corrected chi connectivity index (χ1v) is 6.95. The van der Waals surface area contributed by atoms with Crippen molar-refractivity contribution < 1.29 is 9.53 Å². The Bertz CT molecular complexity index is 692. The molecule has 2 aromatic carbocycles. The van der Waals surface area contributed by atoms with Crippen LogP contribution in [0.4, 0.5) is 5.69 Å². The van der Waals surface area contributed by atoms with Gasteiger partial charge in [0.2, 0.25) is 0 Å². The molecule has 0 radical (unpaired) electrons. The first-order chi connectivity index (χ1) is 9.38. The van der Waals surface area contributed by atoms with Crippen molar-refractivity contribution >= 4 is 50.7 Å². The summed E-state index contributed by atoms with van der Waals surface area (Å²) in [5, 5.41) is 0.542. The molecule has 0 fully saturated rings. The quantitative estimate of drug-likeness (QED) is 0.788. The summed E-state index contributed by atoms with van der Waals surface area (Å²) in [6, 6.07) is 7.92. The van der Waals surface area contributed by atoms with Gasteiger partial charge in [-0.2, -0.15) is 0 Å². The average molecular weight is 376 g/mol. The maximum atomic E-state index is 11.4. The van der Waals surface area contributed by atoms with E-state index in [0.717, 1.165) is 4.47 Å². The summed E-state index contributed by atoms with van der Waals surface area (Å²) in [5.74, 6) is -0.218. The second-order valence-corrected chi connectivity index (χ2v) is 5.65. The molecule has 0 aliphatic carbocycles. The molecule has 4 N–H and O–H groups in total. The lowest BCUT2D eigenvalue weighted by molar-refractivity contribution is 0.0998. The Morgan fingerprint density at radius 1 is 1.15 bits per heavy atom. The van der Waals surface area contributed by atoms with E-state index in [-0.39, 0.29) is 16.3 Å². The number of rotatable bonds is 3. The highest BCUT2D eigenvalue weighted by molar-refractivity contribution is 9.10. The van der Waals surface area contributed by atoms with Gasteiger partial charge in [-0.15, -0.1) is 0 Å². The standard InChI is InChI=1S/C13H9BrCl2N2O2/c14-6-1-2-11(9(15)3-6)20-12-8(13(18)19)4-7(17)5-10(12)16/h1-5H,17H2,(H2,18,19). The molecule has 0 atom stereocenters. The van der Waals surface area contributed by atoms with Crippen molar-refractivity contribution in [3.63, 3.8) is 0 Å². The Morgan fingerprint density at radius 3 is 2.45 bits per heavy atom. The van der Waals surface area contributed by atoms with E-state index < -0.39 is 5.91 Å². The number of amides is 1. The number of hydrogen-bond donors (Lipinski definition) is 2. The number of ether oxygens (including phenoxy) is 1. The van der Waals surface area contributed by atoms with Crippen LogP contribution in [0.5, 0.6) is 11.5 Å². The molecule has 0 saturated heterocycles. The Balaban J connectivity index is 2.50. The zero-order chi connectivity index (χ0) is 14.9. The van der Waals surface area contributed by atoms with Crippen LogP contribution in [0.1, 0.15) is 10.4 Å². The van der Waals surface area contributed by atoms with Gasteiger partial charge in [-0.3, -0.25) is 4.79 Å². The van der Waals surface area contributed by atoms with Crippen LogP contribution in [0.2, 0.25) is 10.0 Å². The molecular formula is C13H9BrCl2N2O2. The highest BCUT2D eigenvalue weighted by atomic mass is 79.9. The molecule has 2 aromatic rings. The summed E-state index contributed by atoms with van der Waals surface area (Å²) in [4.78, 5) is 11.4. The van der Waals surface area contributed by atoms with Crippen molar-refractivity contribution in [1.82, 2.24) is 0 Å². The van der Waals surface area contributed by atoms with Crippen molar-refractivity contribution in [1.29, 1.82) is 0 Å². The van der Waals surface area contributed by atoms with Gasteiger partial charge in [-0.05, 0) is 30.3 Å². The fourth-order valence-electron chi connectivity index (χ4n) is 1.57. The van der Waals surface area contributed by atoms with Crippen LogP contribution in [0, 0.1) is 0 Å². The van der Waals surface area contributed by atoms with Crippen molar-refractivity contribution in [2.75, 3.05) is 5.73 Å². The summed E-state index contributed by atoms with van der Waals surface area (Å²) >= 11 is 15.4. The molecule has 2 rings (SSSR count). The summed E-state index contributed by atoms with van der Waals surface area (Å²) in [6.07, 6.45) is 0. The third-order valence-corrected chi connectivity index (χ3v) is 3.51. The van der Waals surface area contributed by atoms with Gasteiger partial charge in [0.1, 0.15) is 5.75 Å². The average Bonchev–Trinajstić information content (AvgIpc) is 2.34. The van der Waals surface area contributed by atoms with Gasteiger partial charge >= 0.3 is 0 Å². The minimum Gasteiger partial charge on any atom is -0.453 e. The number of primary amides is 1. The summed E-state index contributed by atoms with van der Waals surface area (Å²) in [6.45, 7) is 0. The molecule has 7 heteroatoms. The molecule has 0 spiro atoms. The molecule has 0 heterocycles. The van der Waals surface area contributed by atoms with Crippen molar-refractivity contribution in [2.45, 2.75) is 0 Å². The normalized spacial score (nSPS) is 10.3. The number of hydrogen-bond acceptors (Lipinski definition) is 3. The Kier molecular flexibility index (Phi) is 4.42. The van der Waals surface area contributed by atoms with E-state index in [4.69, 9.17) is 39.4 Å². The second-order valence-electron chi connectivity index (χ2n) is 3.92. The van der Waals surface area contributed by atoms with Crippen molar-refractivity contribution in [3.05, 3.63) is 50.4 Å². The Labute approximate surface area is 133 Å². The summed E-state index contributed by atoms with van der Waals surface area (Å²) in [7, 11) is 0. The molecule has 0 unspecified atom stereocenters. The monoisotopic (exact) mass is 374 g/mol. The number of nitrogen functional groups attached to an aromatic ring is 1. The second kappa shape index (κ2) is 5.91. The maximum absolute atomic E-state index is 11.4. The van der Waals surface area contributed by atoms with E-state index in [1.54, 1.807) is 18.2 Å². The molecule has 20 heavy (non-hydrogen) atoms. The third kappa shape index (κ3) is 3.17. The zero-order valence-electron chi connectivity index (χ0n) is 9.99. The minimum atomic E-state index is -0.692. The largest absolute Gasteiger partial charge is 0.453 e. The number of halogens is 3. The van der Waals surface area contributed by atoms with E-state index in [9.17, 15) is 4.79 Å². The van der Waals surface area contributed by atoms with E-state index >= 15 is 0 Å². The highest BCUT2D eigenvalue weighted by Crippen LogP contribution is 2.38. The maximum Gasteiger partial charge on any atom is 0.252 e.